The van der Waals surface area contributed by atoms with Crippen LogP contribution in [0.1, 0.15) is 19.8 Å². The lowest BCUT2D eigenvalue weighted by atomic mass is 10.2. The van der Waals surface area contributed by atoms with Gasteiger partial charge in [0.05, 0.1) is 13.2 Å². The zero-order valence-electron chi connectivity index (χ0n) is 10.1. The van der Waals surface area contributed by atoms with Crippen molar-refractivity contribution in [3.63, 3.8) is 0 Å². The molecular formula is C11H22N2O3. The molecule has 1 heterocycles. The predicted octanol–water partition coefficient (Wildman–Crippen LogP) is -0.0124. The molecule has 2 N–H and O–H groups in total. The van der Waals surface area contributed by atoms with E-state index in [0.717, 1.165) is 26.2 Å². The molecule has 0 aromatic carbocycles. The molecule has 2 unspecified atom stereocenters. The van der Waals surface area contributed by atoms with E-state index in [1.165, 1.54) is 0 Å². The van der Waals surface area contributed by atoms with Crippen molar-refractivity contribution in [3.05, 3.63) is 0 Å². The van der Waals surface area contributed by atoms with Crippen molar-refractivity contribution in [2.45, 2.75) is 31.8 Å². The number of nitrogens with two attached hydrogens (primary N) is 1. The number of ether oxygens (including phenoxy) is 2. The highest BCUT2D eigenvalue weighted by Crippen LogP contribution is 2.11. The summed E-state index contributed by atoms with van der Waals surface area (Å²) in [5.41, 5.74) is 5.72. The Hall–Kier alpha value is -0.650. The van der Waals surface area contributed by atoms with Crippen molar-refractivity contribution in [3.8, 4) is 0 Å². The second-order valence-electron chi connectivity index (χ2n) is 4.15. The van der Waals surface area contributed by atoms with Gasteiger partial charge in [-0.25, -0.2) is 0 Å². The van der Waals surface area contributed by atoms with Gasteiger partial charge in [0.15, 0.2) is 0 Å². The minimum Gasteiger partial charge on any atom is -0.465 e. The summed E-state index contributed by atoms with van der Waals surface area (Å²) >= 11 is 0. The Morgan fingerprint density at radius 1 is 1.69 bits per heavy atom. The van der Waals surface area contributed by atoms with Crippen LogP contribution in [-0.4, -0.2) is 56.4 Å². The zero-order valence-corrected chi connectivity index (χ0v) is 10.1. The number of carbonyl (C=O) groups is 1. The smallest absolute Gasteiger partial charge is 0.322 e. The normalized spacial score (nSPS) is 22.4. The Bertz CT molecular complexity index is 217. The molecule has 0 bridgehead atoms. The summed E-state index contributed by atoms with van der Waals surface area (Å²) in [7, 11) is 2.04. The maximum atomic E-state index is 11.3. The molecule has 5 nitrogen and oxygen atoms in total. The molecule has 1 aliphatic rings. The van der Waals surface area contributed by atoms with Crippen LogP contribution in [0.15, 0.2) is 0 Å². The van der Waals surface area contributed by atoms with E-state index in [4.69, 9.17) is 15.2 Å². The Labute approximate surface area is 96.9 Å². The molecule has 5 heteroatoms. The van der Waals surface area contributed by atoms with Gasteiger partial charge in [0, 0.05) is 19.2 Å². The molecule has 0 radical (unpaired) electrons. The highest BCUT2D eigenvalue weighted by atomic mass is 16.5. The molecule has 1 saturated heterocycles. The van der Waals surface area contributed by atoms with Gasteiger partial charge in [-0.1, -0.05) is 0 Å². The van der Waals surface area contributed by atoms with Gasteiger partial charge in [-0.3, -0.25) is 4.79 Å². The topological polar surface area (TPSA) is 64.8 Å². The number of rotatable bonds is 6. The maximum absolute atomic E-state index is 11.3. The molecule has 0 amide bonds. The third-order valence-electron chi connectivity index (χ3n) is 2.91. The monoisotopic (exact) mass is 230 g/mol. The van der Waals surface area contributed by atoms with Gasteiger partial charge in [-0.05, 0) is 26.8 Å². The van der Waals surface area contributed by atoms with E-state index in [2.05, 4.69) is 4.90 Å². The minimum atomic E-state index is -0.510. The lowest BCUT2D eigenvalue weighted by Crippen LogP contribution is -2.39. The molecule has 1 aliphatic heterocycles. The maximum Gasteiger partial charge on any atom is 0.322 e. The first kappa shape index (κ1) is 13.4. The van der Waals surface area contributed by atoms with E-state index in [1.807, 2.05) is 7.05 Å². The van der Waals surface area contributed by atoms with Crippen LogP contribution in [0.25, 0.3) is 0 Å². The van der Waals surface area contributed by atoms with Crippen molar-refractivity contribution in [2.24, 2.45) is 5.73 Å². The summed E-state index contributed by atoms with van der Waals surface area (Å²) in [6.07, 6.45) is 1.69. The molecule has 94 valence electrons. The second-order valence-corrected chi connectivity index (χ2v) is 4.15. The third-order valence-corrected chi connectivity index (χ3v) is 2.91. The highest BCUT2D eigenvalue weighted by molar-refractivity contribution is 5.75. The van der Waals surface area contributed by atoms with Crippen LogP contribution < -0.4 is 5.73 Å². The number of hydrogen-bond acceptors (Lipinski definition) is 5. The van der Waals surface area contributed by atoms with E-state index in [0.29, 0.717) is 19.1 Å². The van der Waals surface area contributed by atoms with Crippen LogP contribution in [0.4, 0.5) is 0 Å². The van der Waals surface area contributed by atoms with E-state index in [9.17, 15) is 4.79 Å². The average Bonchev–Trinajstić information content (AvgIpc) is 2.79. The van der Waals surface area contributed by atoms with Crippen molar-refractivity contribution >= 4 is 5.97 Å². The van der Waals surface area contributed by atoms with Crippen molar-refractivity contribution in [2.75, 3.05) is 33.4 Å². The van der Waals surface area contributed by atoms with Gasteiger partial charge in [-0.2, -0.15) is 0 Å². The molecule has 0 aliphatic carbocycles. The van der Waals surface area contributed by atoms with Crippen LogP contribution in [0.2, 0.25) is 0 Å². The van der Waals surface area contributed by atoms with Gasteiger partial charge >= 0.3 is 5.97 Å². The Kier molecular flexibility index (Phi) is 5.73. The first-order valence-corrected chi connectivity index (χ1v) is 5.85. The third kappa shape index (κ3) is 4.08. The molecule has 0 aromatic heterocycles. The highest BCUT2D eigenvalue weighted by Gasteiger charge is 2.22. The lowest BCUT2D eigenvalue weighted by molar-refractivity contribution is -0.144. The molecule has 0 spiro atoms. The summed E-state index contributed by atoms with van der Waals surface area (Å²) in [5, 5.41) is 0. The van der Waals surface area contributed by atoms with Gasteiger partial charge in [0.25, 0.3) is 0 Å². The summed E-state index contributed by atoms with van der Waals surface area (Å²) in [5.74, 6) is -0.307. The molecule has 0 aromatic rings. The quantitative estimate of drug-likeness (QED) is 0.650. The van der Waals surface area contributed by atoms with Gasteiger partial charge in [0.1, 0.15) is 6.04 Å². The van der Waals surface area contributed by atoms with Gasteiger partial charge in [-0.15, -0.1) is 0 Å². The average molecular weight is 230 g/mol. The first-order valence-electron chi connectivity index (χ1n) is 5.85. The fourth-order valence-corrected chi connectivity index (χ4v) is 1.76. The Morgan fingerprint density at radius 2 is 2.44 bits per heavy atom. The molecule has 1 rings (SSSR count). The summed E-state index contributed by atoms with van der Waals surface area (Å²) in [6.45, 7) is 4.59. The molecule has 2 atom stereocenters. The van der Waals surface area contributed by atoms with Gasteiger partial charge in [0.2, 0.25) is 0 Å². The predicted molar refractivity (Wildman–Crippen MR) is 61.1 cm³/mol. The zero-order chi connectivity index (χ0) is 12.0. The van der Waals surface area contributed by atoms with Crippen LogP contribution in [-0.2, 0) is 14.3 Å². The summed E-state index contributed by atoms with van der Waals surface area (Å²) < 4.78 is 10.2. The largest absolute Gasteiger partial charge is 0.465 e. The summed E-state index contributed by atoms with van der Waals surface area (Å²) in [6, 6.07) is -0.0425. The number of likely N-dealkylation sites (N-methyl/N-ethyl adjacent to an activating group) is 1. The molecule has 0 saturated carbocycles. The standard InChI is InChI=1S/C11H22N2O3/c1-3-16-11(14)10(12)4-6-13(2)9-5-7-15-8-9/h9-10H,3-8,12H2,1-2H3. The Morgan fingerprint density at radius 3 is 3.00 bits per heavy atom. The number of carbonyl (C=O) groups excluding carboxylic acids is 1. The van der Waals surface area contributed by atoms with E-state index in [-0.39, 0.29) is 5.97 Å². The lowest BCUT2D eigenvalue weighted by Gasteiger charge is -2.23. The van der Waals surface area contributed by atoms with E-state index >= 15 is 0 Å². The van der Waals surface area contributed by atoms with Crippen LogP contribution >= 0.6 is 0 Å². The van der Waals surface area contributed by atoms with E-state index < -0.39 is 6.04 Å². The van der Waals surface area contributed by atoms with Gasteiger partial charge < -0.3 is 20.1 Å². The minimum absolute atomic E-state index is 0.307. The first-order chi connectivity index (χ1) is 7.65. The SMILES string of the molecule is CCOC(=O)C(N)CCN(C)C1CCOC1. The summed E-state index contributed by atoms with van der Waals surface area (Å²) in [4.78, 5) is 13.5. The fraction of sp³-hybridized carbons (Fsp3) is 0.909. The molecular weight excluding hydrogens is 208 g/mol. The van der Waals surface area contributed by atoms with Crippen molar-refractivity contribution < 1.29 is 14.3 Å². The Balaban J connectivity index is 2.19. The number of hydrogen-bond donors (Lipinski definition) is 1. The van der Waals surface area contributed by atoms with Crippen LogP contribution in [0.3, 0.4) is 0 Å². The number of esters is 1. The second kappa shape index (κ2) is 6.83. The number of nitrogens with zero attached hydrogens (tertiary/aromatic N) is 1. The van der Waals surface area contributed by atoms with E-state index in [1.54, 1.807) is 6.92 Å². The molecule has 1 fully saturated rings. The van der Waals surface area contributed by atoms with Crippen LogP contribution in [0.5, 0.6) is 0 Å². The van der Waals surface area contributed by atoms with Crippen molar-refractivity contribution in [1.29, 1.82) is 0 Å². The fourth-order valence-electron chi connectivity index (χ4n) is 1.76. The van der Waals surface area contributed by atoms with Crippen LogP contribution in [0, 0.1) is 0 Å². The molecule has 16 heavy (non-hydrogen) atoms. The van der Waals surface area contributed by atoms with Crippen molar-refractivity contribution in [1.82, 2.24) is 4.90 Å².